The van der Waals surface area contributed by atoms with E-state index >= 15 is 0 Å². The van der Waals surface area contributed by atoms with Crippen LogP contribution in [0.4, 0.5) is 17.2 Å². The van der Waals surface area contributed by atoms with E-state index in [0.29, 0.717) is 29.2 Å². The number of pyridine rings is 1. The maximum absolute atomic E-state index is 12.5. The Morgan fingerprint density at radius 3 is 2.17 bits per heavy atom. The van der Waals surface area contributed by atoms with Gasteiger partial charge in [0, 0.05) is 17.6 Å². The topological polar surface area (TPSA) is 80.3 Å². The number of nitrogens with zero attached hydrogens (tertiary/aromatic N) is 1. The third kappa shape index (κ3) is 4.99. The van der Waals surface area contributed by atoms with Gasteiger partial charge in [-0.1, -0.05) is 18.2 Å². The van der Waals surface area contributed by atoms with Crippen LogP contribution in [0.15, 0.2) is 60.8 Å². The highest BCUT2D eigenvalue weighted by Crippen LogP contribution is 2.23. The summed E-state index contributed by atoms with van der Waals surface area (Å²) in [7, 11) is 0. The Morgan fingerprint density at radius 2 is 1.59 bits per heavy atom. The lowest BCUT2D eigenvalue weighted by Gasteiger charge is -2.12. The van der Waals surface area contributed by atoms with Crippen LogP contribution in [-0.2, 0) is 4.74 Å². The minimum atomic E-state index is -0.387. The number of benzene rings is 2. The molecule has 1 aromatic heterocycles. The predicted molar refractivity (Wildman–Crippen MR) is 114 cm³/mol. The predicted octanol–water partition coefficient (Wildman–Crippen LogP) is 4.87. The summed E-state index contributed by atoms with van der Waals surface area (Å²) in [6, 6.07) is 16.1. The number of nitrogens with one attached hydrogen (secondary N) is 2. The van der Waals surface area contributed by atoms with Gasteiger partial charge in [0.05, 0.1) is 17.7 Å². The molecule has 0 aliphatic carbocycles. The van der Waals surface area contributed by atoms with Crippen molar-refractivity contribution in [3.63, 3.8) is 0 Å². The Kier molecular flexibility index (Phi) is 6.24. The number of para-hydroxylation sites is 1. The second-order valence-corrected chi connectivity index (χ2v) is 6.58. The van der Waals surface area contributed by atoms with Crippen LogP contribution in [0.5, 0.6) is 0 Å². The molecule has 148 valence electrons. The average Bonchev–Trinajstić information content (AvgIpc) is 2.72. The van der Waals surface area contributed by atoms with Crippen LogP contribution < -0.4 is 10.6 Å². The minimum absolute atomic E-state index is 0.278. The van der Waals surface area contributed by atoms with Gasteiger partial charge in [-0.3, -0.25) is 4.79 Å². The highest BCUT2D eigenvalue weighted by atomic mass is 16.5. The molecule has 6 nitrogen and oxygen atoms in total. The molecule has 0 radical (unpaired) electrons. The van der Waals surface area contributed by atoms with E-state index in [1.807, 2.05) is 32.0 Å². The molecule has 0 unspecified atom stereocenters. The van der Waals surface area contributed by atoms with Crippen LogP contribution in [0, 0.1) is 13.8 Å². The van der Waals surface area contributed by atoms with E-state index in [9.17, 15) is 9.59 Å². The van der Waals surface area contributed by atoms with E-state index in [4.69, 9.17) is 4.74 Å². The molecule has 0 aliphatic rings. The van der Waals surface area contributed by atoms with Gasteiger partial charge in [0.2, 0.25) is 0 Å². The Labute approximate surface area is 169 Å². The van der Waals surface area contributed by atoms with Gasteiger partial charge >= 0.3 is 5.97 Å². The van der Waals surface area contributed by atoms with Crippen molar-refractivity contribution in [1.29, 1.82) is 0 Å². The molecule has 6 heteroatoms. The van der Waals surface area contributed by atoms with Crippen LogP contribution in [0.1, 0.15) is 38.8 Å². The molecule has 0 atom stereocenters. The zero-order valence-electron chi connectivity index (χ0n) is 16.7. The summed E-state index contributed by atoms with van der Waals surface area (Å²) in [4.78, 5) is 28.5. The van der Waals surface area contributed by atoms with Crippen molar-refractivity contribution in [1.82, 2.24) is 4.98 Å². The number of rotatable bonds is 6. The monoisotopic (exact) mass is 389 g/mol. The third-order valence-electron chi connectivity index (χ3n) is 4.41. The largest absolute Gasteiger partial charge is 0.462 e. The smallest absolute Gasteiger partial charge is 0.338 e. The van der Waals surface area contributed by atoms with Gasteiger partial charge in [-0.2, -0.15) is 0 Å². The molecule has 2 N–H and O–H groups in total. The number of aryl methyl sites for hydroxylation is 2. The summed E-state index contributed by atoms with van der Waals surface area (Å²) < 4.78 is 4.95. The molecule has 0 saturated carbocycles. The Bertz CT molecular complexity index is 992. The first kappa shape index (κ1) is 20.1. The van der Waals surface area contributed by atoms with Crippen molar-refractivity contribution in [3.8, 4) is 0 Å². The molecule has 0 aliphatic heterocycles. The van der Waals surface area contributed by atoms with Gasteiger partial charge in [0.1, 0.15) is 5.82 Å². The normalized spacial score (nSPS) is 10.3. The summed E-state index contributed by atoms with van der Waals surface area (Å²) in [6.45, 7) is 6.14. The molecule has 1 amide bonds. The van der Waals surface area contributed by atoms with Crippen LogP contribution in [0.3, 0.4) is 0 Å². The van der Waals surface area contributed by atoms with E-state index in [2.05, 4.69) is 15.6 Å². The summed E-state index contributed by atoms with van der Waals surface area (Å²) >= 11 is 0. The maximum Gasteiger partial charge on any atom is 0.338 e. The number of ether oxygens (including phenoxy) is 1. The van der Waals surface area contributed by atoms with Gasteiger partial charge < -0.3 is 15.4 Å². The number of anilines is 3. The number of esters is 1. The van der Waals surface area contributed by atoms with E-state index in [1.165, 1.54) is 6.20 Å². The zero-order valence-corrected chi connectivity index (χ0v) is 16.7. The first-order valence-corrected chi connectivity index (χ1v) is 9.35. The van der Waals surface area contributed by atoms with Crippen molar-refractivity contribution < 1.29 is 14.3 Å². The second kappa shape index (κ2) is 9.01. The lowest BCUT2D eigenvalue weighted by atomic mass is 10.1. The number of amides is 1. The molecule has 0 saturated heterocycles. The fraction of sp³-hybridized carbons (Fsp3) is 0.174. The maximum atomic E-state index is 12.5. The molecule has 2 aromatic carbocycles. The van der Waals surface area contributed by atoms with Crippen LogP contribution in [0.2, 0.25) is 0 Å². The Morgan fingerprint density at radius 1 is 0.931 bits per heavy atom. The Hall–Kier alpha value is -3.67. The van der Waals surface area contributed by atoms with Gasteiger partial charge in [0.15, 0.2) is 0 Å². The van der Waals surface area contributed by atoms with Crippen molar-refractivity contribution >= 4 is 29.1 Å². The van der Waals surface area contributed by atoms with E-state index in [0.717, 1.165) is 16.8 Å². The van der Waals surface area contributed by atoms with E-state index in [-0.39, 0.29) is 11.9 Å². The molecular weight excluding hydrogens is 366 g/mol. The Balaban J connectivity index is 1.65. The second-order valence-electron chi connectivity index (χ2n) is 6.58. The number of hydrogen-bond donors (Lipinski definition) is 2. The van der Waals surface area contributed by atoms with Crippen LogP contribution in [-0.4, -0.2) is 23.5 Å². The quantitative estimate of drug-likeness (QED) is 0.588. The van der Waals surface area contributed by atoms with Crippen LogP contribution in [0.25, 0.3) is 0 Å². The fourth-order valence-electron chi connectivity index (χ4n) is 2.85. The number of aromatic nitrogens is 1. The summed E-state index contributed by atoms with van der Waals surface area (Å²) in [5.74, 6) is -0.000647. The minimum Gasteiger partial charge on any atom is -0.462 e. The lowest BCUT2D eigenvalue weighted by molar-refractivity contribution is 0.0526. The van der Waals surface area contributed by atoms with Crippen LogP contribution >= 0.6 is 0 Å². The van der Waals surface area contributed by atoms with E-state index in [1.54, 1.807) is 43.3 Å². The van der Waals surface area contributed by atoms with E-state index < -0.39 is 0 Å². The molecule has 3 aromatic rings. The third-order valence-corrected chi connectivity index (χ3v) is 4.41. The average molecular weight is 389 g/mol. The van der Waals surface area contributed by atoms with Crippen molar-refractivity contribution in [2.45, 2.75) is 20.8 Å². The summed E-state index contributed by atoms with van der Waals surface area (Å²) in [6.07, 6.45) is 1.53. The molecule has 0 fully saturated rings. The van der Waals surface area contributed by atoms with Gasteiger partial charge in [-0.05, 0) is 68.3 Å². The van der Waals surface area contributed by atoms with Crippen molar-refractivity contribution in [3.05, 3.63) is 83.0 Å². The molecule has 3 rings (SSSR count). The van der Waals surface area contributed by atoms with Gasteiger partial charge in [-0.25, -0.2) is 9.78 Å². The molecule has 0 spiro atoms. The summed E-state index contributed by atoms with van der Waals surface area (Å²) in [5, 5.41) is 6.09. The number of hydrogen-bond acceptors (Lipinski definition) is 5. The standard InChI is InChI=1S/C23H23N3O3/c1-4-29-23(28)17-8-11-19(12-9-17)25-22(27)18-10-13-20(24-14-18)26-21-15(2)6-5-7-16(21)3/h5-14H,4H2,1-3H3,(H,24,26)(H,25,27). The molecule has 0 bridgehead atoms. The first-order chi connectivity index (χ1) is 14.0. The number of carbonyl (C=O) groups excluding carboxylic acids is 2. The fourth-order valence-corrected chi connectivity index (χ4v) is 2.85. The number of carbonyl (C=O) groups is 2. The molecule has 29 heavy (non-hydrogen) atoms. The highest BCUT2D eigenvalue weighted by molar-refractivity contribution is 6.04. The van der Waals surface area contributed by atoms with Crippen molar-refractivity contribution in [2.75, 3.05) is 17.2 Å². The SMILES string of the molecule is CCOC(=O)c1ccc(NC(=O)c2ccc(Nc3c(C)cccc3C)nc2)cc1. The first-order valence-electron chi connectivity index (χ1n) is 9.35. The van der Waals surface area contributed by atoms with Gasteiger partial charge in [-0.15, -0.1) is 0 Å². The molecule has 1 heterocycles. The summed E-state index contributed by atoms with van der Waals surface area (Å²) in [5.41, 5.74) is 4.72. The van der Waals surface area contributed by atoms with Gasteiger partial charge in [0.25, 0.3) is 5.91 Å². The molecular formula is C23H23N3O3. The highest BCUT2D eigenvalue weighted by Gasteiger charge is 2.10. The zero-order chi connectivity index (χ0) is 20.8. The lowest BCUT2D eigenvalue weighted by Crippen LogP contribution is -2.12. The van der Waals surface area contributed by atoms with Crippen molar-refractivity contribution in [2.24, 2.45) is 0 Å².